The number of para-hydroxylation sites is 1. The number of hydrogen-bond acceptors (Lipinski definition) is 3. The fourth-order valence-corrected chi connectivity index (χ4v) is 2.76. The summed E-state index contributed by atoms with van der Waals surface area (Å²) in [4.78, 5) is 24.6. The molecule has 0 aliphatic carbocycles. The van der Waals surface area contributed by atoms with Crippen LogP contribution in [0.15, 0.2) is 60.9 Å². The van der Waals surface area contributed by atoms with Crippen LogP contribution in [0.4, 0.5) is 0 Å². The predicted octanol–water partition coefficient (Wildman–Crippen LogP) is 3.34. The number of halogens is 2. The van der Waals surface area contributed by atoms with Crippen molar-refractivity contribution in [2.24, 2.45) is 0 Å². The molecule has 0 unspecified atom stereocenters. The van der Waals surface area contributed by atoms with Gasteiger partial charge in [0.05, 0.1) is 21.3 Å². The Morgan fingerprint density at radius 1 is 0.926 bits per heavy atom. The Hall–Kier alpha value is -2.83. The number of hydrogen-bond donors (Lipinski definition) is 2. The maximum absolute atomic E-state index is 12.5. The number of nitrogens with zero attached hydrogens (tertiary/aromatic N) is 2. The van der Waals surface area contributed by atoms with E-state index in [0.717, 1.165) is 0 Å². The van der Waals surface area contributed by atoms with Crippen molar-refractivity contribution in [3.05, 3.63) is 82.1 Å². The minimum atomic E-state index is -0.292. The smallest absolute Gasteiger partial charge is 0.253 e. The molecule has 0 saturated carbocycles. The Kier molecular flexibility index (Phi) is 6.11. The average molecular weight is 403 g/mol. The molecule has 1 aromatic heterocycles. The molecule has 0 bridgehead atoms. The quantitative estimate of drug-likeness (QED) is 0.620. The molecule has 0 radical (unpaired) electrons. The van der Waals surface area contributed by atoms with E-state index in [4.69, 9.17) is 23.2 Å². The van der Waals surface area contributed by atoms with Gasteiger partial charge in [0.2, 0.25) is 0 Å². The summed E-state index contributed by atoms with van der Waals surface area (Å²) >= 11 is 11.7. The molecule has 0 spiro atoms. The second-order valence-electron chi connectivity index (χ2n) is 5.61. The van der Waals surface area contributed by atoms with Crippen molar-refractivity contribution >= 4 is 35.0 Å². The molecule has 2 amide bonds. The Labute approximate surface area is 166 Å². The zero-order valence-electron chi connectivity index (χ0n) is 14.2. The molecule has 0 fully saturated rings. The van der Waals surface area contributed by atoms with Gasteiger partial charge in [-0.2, -0.15) is 5.10 Å². The first-order valence-corrected chi connectivity index (χ1v) is 8.92. The summed E-state index contributed by atoms with van der Waals surface area (Å²) in [5, 5.41) is 10.4. The molecule has 8 heteroatoms. The predicted molar refractivity (Wildman–Crippen MR) is 105 cm³/mol. The molecule has 3 rings (SSSR count). The minimum absolute atomic E-state index is 0.245. The van der Waals surface area contributed by atoms with E-state index < -0.39 is 0 Å². The standard InChI is InChI=1S/C19H16Cl2N4O2/c20-15-7-6-13(12-16(15)21)18(26)22-9-10-23-19(27)14-4-1-2-5-17(14)25-11-3-8-24-25/h1-8,11-12H,9-10H2,(H,22,26)(H,23,27). The van der Waals surface area contributed by atoms with Gasteiger partial charge >= 0.3 is 0 Å². The fraction of sp³-hybridized carbons (Fsp3) is 0.105. The first-order valence-electron chi connectivity index (χ1n) is 8.17. The first-order chi connectivity index (χ1) is 13.1. The largest absolute Gasteiger partial charge is 0.350 e. The van der Waals surface area contributed by atoms with Gasteiger partial charge in [0.25, 0.3) is 11.8 Å². The minimum Gasteiger partial charge on any atom is -0.350 e. The van der Waals surface area contributed by atoms with Crippen LogP contribution in [0.25, 0.3) is 5.69 Å². The molecular weight excluding hydrogens is 387 g/mol. The summed E-state index contributed by atoms with van der Waals surface area (Å²) in [6.07, 6.45) is 3.41. The highest BCUT2D eigenvalue weighted by atomic mass is 35.5. The monoisotopic (exact) mass is 402 g/mol. The van der Waals surface area contributed by atoms with Gasteiger partial charge in [-0.05, 0) is 36.4 Å². The first kappa shape index (κ1) is 18.9. The Balaban J connectivity index is 1.55. The normalized spacial score (nSPS) is 10.4. The molecule has 2 N–H and O–H groups in total. The van der Waals surface area contributed by atoms with Gasteiger partial charge in [0.1, 0.15) is 0 Å². The maximum atomic E-state index is 12.5. The lowest BCUT2D eigenvalue weighted by Gasteiger charge is -2.11. The third-order valence-corrected chi connectivity index (χ3v) is 4.52. The molecule has 2 aromatic carbocycles. The van der Waals surface area contributed by atoms with Crippen molar-refractivity contribution in [1.29, 1.82) is 0 Å². The van der Waals surface area contributed by atoms with Crippen molar-refractivity contribution in [1.82, 2.24) is 20.4 Å². The van der Waals surface area contributed by atoms with Crippen molar-refractivity contribution in [2.75, 3.05) is 13.1 Å². The van der Waals surface area contributed by atoms with Gasteiger partial charge in [-0.1, -0.05) is 35.3 Å². The van der Waals surface area contributed by atoms with Crippen LogP contribution in [0.3, 0.4) is 0 Å². The number of nitrogens with one attached hydrogen (secondary N) is 2. The second-order valence-corrected chi connectivity index (χ2v) is 6.42. The molecule has 1 heterocycles. The third kappa shape index (κ3) is 4.67. The van der Waals surface area contributed by atoms with Crippen LogP contribution in [0.1, 0.15) is 20.7 Å². The molecule has 6 nitrogen and oxygen atoms in total. The molecule has 0 aliphatic rings. The van der Waals surface area contributed by atoms with E-state index >= 15 is 0 Å². The number of carbonyl (C=O) groups is 2. The SMILES string of the molecule is O=C(NCCNC(=O)c1ccccc1-n1cccn1)c1ccc(Cl)c(Cl)c1. The van der Waals surface area contributed by atoms with E-state index in [1.807, 2.05) is 12.1 Å². The van der Waals surface area contributed by atoms with E-state index in [1.165, 1.54) is 6.07 Å². The zero-order chi connectivity index (χ0) is 19.2. The van der Waals surface area contributed by atoms with Crippen LogP contribution in [0.5, 0.6) is 0 Å². The molecule has 138 valence electrons. The van der Waals surface area contributed by atoms with Crippen molar-refractivity contribution < 1.29 is 9.59 Å². The summed E-state index contributed by atoms with van der Waals surface area (Å²) in [6.45, 7) is 0.550. The van der Waals surface area contributed by atoms with Crippen molar-refractivity contribution in [3.63, 3.8) is 0 Å². The van der Waals surface area contributed by atoms with E-state index in [1.54, 1.807) is 47.4 Å². The number of benzene rings is 2. The van der Waals surface area contributed by atoms with Gasteiger partial charge in [0, 0.05) is 31.0 Å². The molecule has 0 aliphatic heterocycles. The van der Waals surface area contributed by atoms with E-state index in [9.17, 15) is 9.59 Å². The van der Waals surface area contributed by atoms with Crippen molar-refractivity contribution in [3.8, 4) is 5.69 Å². The Morgan fingerprint density at radius 2 is 1.67 bits per heavy atom. The molecular formula is C19H16Cl2N4O2. The summed E-state index contributed by atoms with van der Waals surface area (Å²) in [6, 6.07) is 13.6. The number of carbonyl (C=O) groups excluding carboxylic acids is 2. The highest BCUT2D eigenvalue weighted by Crippen LogP contribution is 2.22. The topological polar surface area (TPSA) is 76.0 Å². The van der Waals surface area contributed by atoms with E-state index in [2.05, 4.69) is 15.7 Å². The van der Waals surface area contributed by atoms with Crippen LogP contribution in [0, 0.1) is 0 Å². The average Bonchev–Trinajstić information content (AvgIpc) is 3.21. The molecule has 0 saturated heterocycles. The maximum Gasteiger partial charge on any atom is 0.253 e. The fourth-order valence-electron chi connectivity index (χ4n) is 2.46. The number of aromatic nitrogens is 2. The van der Waals surface area contributed by atoms with Crippen molar-refractivity contribution in [2.45, 2.75) is 0 Å². The summed E-state index contributed by atoms with van der Waals surface area (Å²) < 4.78 is 1.63. The highest BCUT2D eigenvalue weighted by molar-refractivity contribution is 6.42. The lowest BCUT2D eigenvalue weighted by Crippen LogP contribution is -2.35. The summed E-state index contributed by atoms with van der Waals surface area (Å²) in [5.41, 5.74) is 1.58. The van der Waals surface area contributed by atoms with Crippen LogP contribution in [-0.4, -0.2) is 34.7 Å². The van der Waals surface area contributed by atoms with Crippen LogP contribution >= 0.6 is 23.2 Å². The van der Waals surface area contributed by atoms with Gasteiger partial charge in [0.15, 0.2) is 0 Å². The molecule has 27 heavy (non-hydrogen) atoms. The lowest BCUT2D eigenvalue weighted by molar-refractivity contribution is 0.0927. The van der Waals surface area contributed by atoms with Crippen LogP contribution in [0.2, 0.25) is 10.0 Å². The van der Waals surface area contributed by atoms with Gasteiger partial charge in [-0.3, -0.25) is 9.59 Å². The second kappa shape index (κ2) is 8.70. The zero-order valence-corrected chi connectivity index (χ0v) is 15.7. The Morgan fingerprint density at radius 3 is 2.37 bits per heavy atom. The van der Waals surface area contributed by atoms with Gasteiger partial charge in [-0.25, -0.2) is 4.68 Å². The van der Waals surface area contributed by atoms with E-state index in [0.29, 0.717) is 26.9 Å². The summed E-state index contributed by atoms with van der Waals surface area (Å²) in [7, 11) is 0. The van der Waals surface area contributed by atoms with Gasteiger partial charge in [-0.15, -0.1) is 0 Å². The van der Waals surface area contributed by atoms with E-state index in [-0.39, 0.29) is 24.9 Å². The molecule has 3 aromatic rings. The number of rotatable bonds is 6. The van der Waals surface area contributed by atoms with Crippen LogP contribution < -0.4 is 10.6 Å². The Bertz CT molecular complexity index is 958. The molecule has 0 atom stereocenters. The van der Waals surface area contributed by atoms with Gasteiger partial charge < -0.3 is 10.6 Å². The lowest BCUT2D eigenvalue weighted by atomic mass is 10.1. The van der Waals surface area contributed by atoms with Crippen LogP contribution in [-0.2, 0) is 0 Å². The highest BCUT2D eigenvalue weighted by Gasteiger charge is 2.12. The number of amides is 2. The summed E-state index contributed by atoms with van der Waals surface area (Å²) in [5.74, 6) is -0.537. The third-order valence-electron chi connectivity index (χ3n) is 3.78.